The Morgan fingerprint density at radius 1 is 1.38 bits per heavy atom. The highest BCUT2D eigenvalue weighted by atomic mass is 16.5. The van der Waals surface area contributed by atoms with Crippen molar-refractivity contribution in [1.82, 2.24) is 9.80 Å². The van der Waals surface area contributed by atoms with Crippen LogP contribution in [0.1, 0.15) is 19.3 Å². The van der Waals surface area contributed by atoms with Gasteiger partial charge in [0.1, 0.15) is 0 Å². The van der Waals surface area contributed by atoms with E-state index in [1.54, 1.807) is 0 Å². The van der Waals surface area contributed by atoms with Gasteiger partial charge in [-0.3, -0.25) is 4.90 Å². The number of likely N-dealkylation sites (tertiary alicyclic amines) is 1. The molecular formula is C12H25N3O. The first kappa shape index (κ1) is 12.3. The van der Waals surface area contributed by atoms with E-state index >= 15 is 0 Å². The van der Waals surface area contributed by atoms with Crippen molar-refractivity contribution in [2.75, 3.05) is 46.9 Å². The molecule has 4 heteroatoms. The van der Waals surface area contributed by atoms with Crippen molar-refractivity contribution in [2.45, 2.75) is 30.8 Å². The molecule has 2 fully saturated rings. The van der Waals surface area contributed by atoms with Crippen molar-refractivity contribution in [3.05, 3.63) is 0 Å². The van der Waals surface area contributed by atoms with E-state index in [2.05, 4.69) is 23.9 Å². The summed E-state index contributed by atoms with van der Waals surface area (Å²) in [6, 6.07) is 0.712. The first-order chi connectivity index (χ1) is 7.59. The van der Waals surface area contributed by atoms with Crippen LogP contribution in [-0.2, 0) is 4.74 Å². The monoisotopic (exact) mass is 227 g/mol. The highest BCUT2D eigenvalue weighted by molar-refractivity contribution is 4.92. The number of hydrogen-bond donors (Lipinski definition) is 1. The fourth-order valence-electron chi connectivity index (χ4n) is 2.76. The Labute approximate surface area is 98.7 Å². The average Bonchev–Trinajstić information content (AvgIpc) is 2.66. The minimum absolute atomic E-state index is 0.000543. The molecule has 94 valence electrons. The van der Waals surface area contributed by atoms with Gasteiger partial charge in [-0.05, 0) is 39.9 Å². The maximum Gasteiger partial charge on any atom is 0.0484 e. The minimum atomic E-state index is -0.000543. The summed E-state index contributed by atoms with van der Waals surface area (Å²) in [5.74, 6) is 0. The zero-order chi connectivity index (χ0) is 11.6. The first-order valence-electron chi connectivity index (χ1n) is 6.34. The predicted octanol–water partition coefficient (Wildman–Crippen LogP) is 0.130. The minimum Gasteiger partial charge on any atom is -0.381 e. The molecule has 2 aliphatic heterocycles. The van der Waals surface area contributed by atoms with Crippen LogP contribution in [-0.4, -0.2) is 68.3 Å². The third kappa shape index (κ3) is 2.94. The third-order valence-corrected chi connectivity index (χ3v) is 4.00. The summed E-state index contributed by atoms with van der Waals surface area (Å²) in [6.45, 7) is 5.08. The van der Waals surface area contributed by atoms with Crippen LogP contribution in [0.15, 0.2) is 0 Å². The Morgan fingerprint density at radius 3 is 2.62 bits per heavy atom. The van der Waals surface area contributed by atoms with Gasteiger partial charge in [0, 0.05) is 37.9 Å². The van der Waals surface area contributed by atoms with Crippen LogP contribution in [0.5, 0.6) is 0 Å². The van der Waals surface area contributed by atoms with Crippen LogP contribution in [0.3, 0.4) is 0 Å². The van der Waals surface area contributed by atoms with Crippen LogP contribution in [0.4, 0.5) is 0 Å². The average molecular weight is 227 g/mol. The summed E-state index contributed by atoms with van der Waals surface area (Å²) < 4.78 is 5.38. The summed E-state index contributed by atoms with van der Waals surface area (Å²) in [7, 11) is 4.33. The summed E-state index contributed by atoms with van der Waals surface area (Å²) in [6.07, 6.45) is 3.30. The molecule has 0 bridgehead atoms. The van der Waals surface area contributed by atoms with Gasteiger partial charge < -0.3 is 15.4 Å². The van der Waals surface area contributed by atoms with E-state index in [0.717, 1.165) is 32.6 Å². The molecule has 1 unspecified atom stereocenters. The van der Waals surface area contributed by atoms with Gasteiger partial charge in [-0.15, -0.1) is 0 Å². The van der Waals surface area contributed by atoms with Crippen molar-refractivity contribution in [1.29, 1.82) is 0 Å². The molecular weight excluding hydrogens is 202 g/mol. The standard InChI is InChI=1S/C12H25N3O/c1-14(2)11-3-6-15(9-11)10-12(13)4-7-16-8-5-12/h11H,3-10,13H2,1-2H3. The number of nitrogens with two attached hydrogens (primary N) is 1. The lowest BCUT2D eigenvalue weighted by Crippen LogP contribution is -2.53. The zero-order valence-electron chi connectivity index (χ0n) is 10.6. The SMILES string of the molecule is CN(C)C1CCN(CC2(N)CCOCC2)C1. The number of hydrogen-bond acceptors (Lipinski definition) is 4. The van der Waals surface area contributed by atoms with Crippen LogP contribution in [0, 0.1) is 0 Å². The van der Waals surface area contributed by atoms with Crippen molar-refractivity contribution >= 4 is 0 Å². The first-order valence-corrected chi connectivity index (χ1v) is 6.34. The fourth-order valence-corrected chi connectivity index (χ4v) is 2.76. The number of nitrogens with zero attached hydrogens (tertiary/aromatic N) is 2. The van der Waals surface area contributed by atoms with Crippen LogP contribution in [0.2, 0.25) is 0 Å². The van der Waals surface area contributed by atoms with E-state index in [0.29, 0.717) is 6.04 Å². The lowest BCUT2D eigenvalue weighted by atomic mass is 9.91. The second-order valence-electron chi connectivity index (χ2n) is 5.62. The van der Waals surface area contributed by atoms with Gasteiger partial charge in [0.15, 0.2) is 0 Å². The molecule has 2 saturated heterocycles. The Bertz CT molecular complexity index is 226. The largest absolute Gasteiger partial charge is 0.381 e. The Kier molecular flexibility index (Phi) is 3.85. The molecule has 0 aromatic carbocycles. The quantitative estimate of drug-likeness (QED) is 0.744. The van der Waals surface area contributed by atoms with Crippen LogP contribution < -0.4 is 5.73 Å². The van der Waals surface area contributed by atoms with E-state index in [9.17, 15) is 0 Å². The summed E-state index contributed by atoms with van der Waals surface area (Å²) in [4.78, 5) is 4.85. The van der Waals surface area contributed by atoms with E-state index in [1.807, 2.05) is 0 Å². The number of likely N-dealkylation sites (N-methyl/N-ethyl adjacent to an activating group) is 1. The van der Waals surface area contributed by atoms with Gasteiger partial charge in [0.25, 0.3) is 0 Å². The van der Waals surface area contributed by atoms with Gasteiger partial charge in [0.05, 0.1) is 0 Å². The zero-order valence-corrected chi connectivity index (χ0v) is 10.6. The van der Waals surface area contributed by atoms with Gasteiger partial charge in [-0.25, -0.2) is 0 Å². The maximum atomic E-state index is 6.43. The van der Waals surface area contributed by atoms with E-state index in [-0.39, 0.29) is 5.54 Å². The molecule has 4 nitrogen and oxygen atoms in total. The molecule has 0 aliphatic carbocycles. The van der Waals surface area contributed by atoms with E-state index < -0.39 is 0 Å². The van der Waals surface area contributed by atoms with Crippen LogP contribution in [0.25, 0.3) is 0 Å². The number of ether oxygens (including phenoxy) is 1. The molecule has 0 amide bonds. The predicted molar refractivity (Wildman–Crippen MR) is 65.5 cm³/mol. The normalized spacial score (nSPS) is 31.1. The van der Waals surface area contributed by atoms with Crippen molar-refractivity contribution < 1.29 is 4.74 Å². The van der Waals surface area contributed by atoms with Gasteiger partial charge in [-0.2, -0.15) is 0 Å². The molecule has 0 aromatic heterocycles. The van der Waals surface area contributed by atoms with Crippen molar-refractivity contribution in [3.8, 4) is 0 Å². The molecule has 0 aromatic rings. The van der Waals surface area contributed by atoms with Crippen molar-refractivity contribution in [3.63, 3.8) is 0 Å². The molecule has 0 spiro atoms. The lowest BCUT2D eigenvalue weighted by Gasteiger charge is -2.36. The highest BCUT2D eigenvalue weighted by Crippen LogP contribution is 2.22. The molecule has 16 heavy (non-hydrogen) atoms. The third-order valence-electron chi connectivity index (χ3n) is 4.00. The molecule has 2 rings (SSSR count). The molecule has 2 heterocycles. The molecule has 1 atom stereocenters. The Balaban J connectivity index is 1.81. The van der Waals surface area contributed by atoms with Crippen LogP contribution >= 0.6 is 0 Å². The number of rotatable bonds is 3. The van der Waals surface area contributed by atoms with Gasteiger partial charge >= 0.3 is 0 Å². The Hall–Kier alpha value is -0.160. The highest BCUT2D eigenvalue weighted by Gasteiger charge is 2.33. The lowest BCUT2D eigenvalue weighted by molar-refractivity contribution is 0.0401. The topological polar surface area (TPSA) is 41.7 Å². The summed E-state index contributed by atoms with van der Waals surface area (Å²) in [5, 5.41) is 0. The molecule has 2 aliphatic rings. The van der Waals surface area contributed by atoms with E-state index in [1.165, 1.54) is 19.5 Å². The summed E-state index contributed by atoms with van der Waals surface area (Å²) >= 11 is 0. The van der Waals surface area contributed by atoms with Gasteiger partial charge in [-0.1, -0.05) is 0 Å². The second kappa shape index (κ2) is 5.00. The van der Waals surface area contributed by atoms with Crippen molar-refractivity contribution in [2.24, 2.45) is 5.73 Å². The second-order valence-corrected chi connectivity index (χ2v) is 5.62. The Morgan fingerprint density at radius 2 is 2.06 bits per heavy atom. The smallest absolute Gasteiger partial charge is 0.0484 e. The fraction of sp³-hybridized carbons (Fsp3) is 1.00. The van der Waals surface area contributed by atoms with Gasteiger partial charge in [0.2, 0.25) is 0 Å². The summed E-state index contributed by atoms with van der Waals surface area (Å²) in [5.41, 5.74) is 6.42. The van der Waals surface area contributed by atoms with E-state index in [4.69, 9.17) is 10.5 Å². The molecule has 2 N–H and O–H groups in total. The molecule has 0 saturated carbocycles. The maximum absolute atomic E-state index is 6.43. The molecule has 0 radical (unpaired) electrons.